The van der Waals surface area contributed by atoms with Crippen molar-refractivity contribution in [2.75, 3.05) is 78.0 Å². The second-order valence-corrected chi connectivity index (χ2v) is 16.0. The van der Waals surface area contributed by atoms with Gasteiger partial charge in [0.15, 0.2) is 0 Å². The number of hydrogen-bond donors (Lipinski definition) is 5. The molecule has 1 saturated heterocycles. The predicted molar refractivity (Wildman–Crippen MR) is 194 cm³/mol. The Bertz CT molecular complexity index is 818. The van der Waals surface area contributed by atoms with Crippen molar-refractivity contribution in [3.8, 4) is 0 Å². The zero-order chi connectivity index (χ0) is 37.7. The molecule has 50 heavy (non-hydrogen) atoms. The molecular weight excluding hydrogens is 696 g/mol. The minimum absolute atomic E-state index is 0. The number of esters is 1. The lowest BCUT2D eigenvalue weighted by atomic mass is 10.1. The van der Waals surface area contributed by atoms with E-state index in [9.17, 15) is 24.3 Å². The molecule has 5 N–H and O–H groups in total. The maximum atomic E-state index is 12.2. The molecule has 1 rings (SSSR count). The van der Waals surface area contributed by atoms with Crippen LogP contribution in [0.25, 0.3) is 0 Å². The molecular formula is C32H73N3O13P2. The number of piperidine rings is 1. The fourth-order valence-corrected chi connectivity index (χ4v) is 7.66. The van der Waals surface area contributed by atoms with Crippen molar-refractivity contribution in [2.45, 2.75) is 126 Å². The van der Waals surface area contributed by atoms with Gasteiger partial charge >= 0.3 is 21.2 Å². The fourth-order valence-electron chi connectivity index (χ4n) is 4.47. The van der Waals surface area contributed by atoms with Gasteiger partial charge in [-0.05, 0) is 60.8 Å². The van der Waals surface area contributed by atoms with Gasteiger partial charge in [-0.25, -0.2) is 0 Å². The number of hydrogen-bond acceptors (Lipinski definition) is 16. The lowest BCUT2D eigenvalue weighted by Crippen LogP contribution is -2.35. The van der Waals surface area contributed by atoms with Gasteiger partial charge in [-0.1, -0.05) is 40.0 Å². The Hall–Kier alpha value is -0.550. The molecule has 1 aliphatic rings. The fraction of sp³-hybridized carbons (Fsp3) is 0.969. The number of carbonyl (C=O) groups excluding carboxylic acids is 1. The summed E-state index contributed by atoms with van der Waals surface area (Å²) in [5.74, 6) is -0.0714. The van der Waals surface area contributed by atoms with Crippen LogP contribution in [-0.4, -0.2) is 143 Å². The zero-order valence-corrected chi connectivity index (χ0v) is 32.9. The number of rotatable bonds is 25. The largest absolute Gasteiger partial charge is 0.462 e. The van der Waals surface area contributed by atoms with Gasteiger partial charge in [0.05, 0.1) is 51.0 Å². The topological polar surface area (TPSA) is 208 Å². The molecule has 0 saturated carbocycles. The van der Waals surface area contributed by atoms with Gasteiger partial charge in [0, 0.05) is 45.7 Å². The van der Waals surface area contributed by atoms with Crippen molar-refractivity contribution in [1.29, 1.82) is 0 Å². The van der Waals surface area contributed by atoms with Crippen LogP contribution in [0.3, 0.4) is 0 Å². The summed E-state index contributed by atoms with van der Waals surface area (Å²) in [6, 6.07) is 0. The van der Waals surface area contributed by atoms with Gasteiger partial charge in [0.2, 0.25) is 0 Å². The van der Waals surface area contributed by atoms with Crippen molar-refractivity contribution in [1.82, 2.24) is 15.2 Å². The van der Waals surface area contributed by atoms with Gasteiger partial charge in [-0.3, -0.25) is 13.9 Å². The highest BCUT2D eigenvalue weighted by Gasteiger charge is 2.27. The summed E-state index contributed by atoms with van der Waals surface area (Å²) in [4.78, 5) is 11.5. The normalized spacial score (nSPS) is 15.4. The molecule has 1 aliphatic heterocycles. The minimum Gasteiger partial charge on any atom is -0.462 e. The lowest BCUT2D eigenvalue weighted by Gasteiger charge is -2.27. The van der Waals surface area contributed by atoms with E-state index in [2.05, 4.69) is 6.92 Å². The standard InChI is InChI=1S/C13H25NO3.C12H29NO7P2.C6H15NO3.CH4/c1-2-3-4-5-6-7-13(15)17-12-8-10-14(16)11-9-12;1-5-17-21(15,18-6-2)11-9-13(14)10-12-22(16,19-7-3)20-8-4;1-5(8)3-7(10)4-6(2)9;/h12,16H,2-11H2,1H3;14H,5-12H2,1-4H3;5-6,8-10H,3-4H2,1-2H3;1H4. The summed E-state index contributed by atoms with van der Waals surface area (Å²) in [5.41, 5.74) is 0. The summed E-state index contributed by atoms with van der Waals surface area (Å²) >= 11 is 0. The van der Waals surface area contributed by atoms with Gasteiger partial charge < -0.3 is 48.7 Å². The Morgan fingerprint density at radius 2 is 1.14 bits per heavy atom. The molecule has 1 fully saturated rings. The summed E-state index contributed by atoms with van der Waals surface area (Å²) < 4.78 is 50.4. The molecule has 0 spiro atoms. The SMILES string of the molecule is C.CC(O)CN(O)CC(C)O.CCCCCCCC(=O)OC1CCN(O)CC1.CCOP(=O)(CCN(O)CCP(=O)(OCC)OCC)OCC. The van der Waals surface area contributed by atoms with Crippen LogP contribution in [0.4, 0.5) is 0 Å². The third kappa shape index (κ3) is 32.1. The molecule has 16 nitrogen and oxygen atoms in total. The van der Waals surface area contributed by atoms with Crippen molar-refractivity contribution in [2.24, 2.45) is 0 Å². The minimum atomic E-state index is -3.20. The second kappa shape index (κ2) is 33.1. The van der Waals surface area contributed by atoms with E-state index in [1.54, 1.807) is 41.5 Å². The van der Waals surface area contributed by atoms with Crippen molar-refractivity contribution >= 4 is 21.2 Å². The predicted octanol–water partition coefficient (Wildman–Crippen LogP) is 6.03. The molecule has 2 atom stereocenters. The van der Waals surface area contributed by atoms with E-state index >= 15 is 0 Å². The molecule has 0 radical (unpaired) electrons. The zero-order valence-electron chi connectivity index (χ0n) is 31.1. The average Bonchev–Trinajstić information content (AvgIpc) is 3.00. The Morgan fingerprint density at radius 3 is 1.50 bits per heavy atom. The molecule has 1 heterocycles. The third-order valence-electron chi connectivity index (χ3n) is 6.72. The highest BCUT2D eigenvalue weighted by molar-refractivity contribution is 7.54. The van der Waals surface area contributed by atoms with Crippen LogP contribution in [0, 0.1) is 0 Å². The van der Waals surface area contributed by atoms with Crippen molar-refractivity contribution in [3.63, 3.8) is 0 Å². The average molecular weight is 770 g/mol. The first kappa shape index (κ1) is 53.8. The molecule has 0 amide bonds. The Kier molecular flexibility index (Phi) is 35.6. The molecule has 0 aliphatic carbocycles. The Labute approximate surface area is 302 Å². The third-order valence-corrected chi connectivity index (χ3v) is 10.8. The number of aliphatic hydroxyl groups is 2. The summed E-state index contributed by atoms with van der Waals surface area (Å²) in [6.07, 6.45) is 6.79. The Morgan fingerprint density at radius 1 is 0.740 bits per heavy atom. The van der Waals surface area contributed by atoms with Crippen molar-refractivity contribution < 1.29 is 62.6 Å². The maximum Gasteiger partial charge on any atom is 0.332 e. The first-order valence-electron chi connectivity index (χ1n) is 17.7. The molecule has 0 aromatic heterocycles. The van der Waals surface area contributed by atoms with Gasteiger partial charge in [-0.15, -0.1) is 0 Å². The van der Waals surface area contributed by atoms with E-state index in [1.165, 1.54) is 24.3 Å². The van der Waals surface area contributed by atoms with Crippen LogP contribution in [0.15, 0.2) is 0 Å². The van der Waals surface area contributed by atoms with E-state index in [0.29, 0.717) is 19.5 Å². The van der Waals surface area contributed by atoms with Crippen molar-refractivity contribution in [3.05, 3.63) is 0 Å². The highest BCUT2D eigenvalue weighted by atomic mass is 31.2. The van der Waals surface area contributed by atoms with E-state index in [0.717, 1.165) is 35.8 Å². The summed E-state index contributed by atoms with van der Waals surface area (Å²) in [6.45, 7) is 15.0. The number of nitrogens with zero attached hydrogens (tertiary/aromatic N) is 3. The van der Waals surface area contributed by atoms with Crippen LogP contribution in [-0.2, 0) is 36.8 Å². The van der Waals surface area contributed by atoms with Crippen LogP contribution >= 0.6 is 15.2 Å². The lowest BCUT2D eigenvalue weighted by molar-refractivity contribution is -0.161. The molecule has 0 aromatic carbocycles. The van der Waals surface area contributed by atoms with Gasteiger partial charge in [-0.2, -0.15) is 15.2 Å². The molecule has 0 bridgehead atoms. The number of hydroxylamine groups is 6. The van der Waals surface area contributed by atoms with E-state index in [-0.39, 0.29) is 84.4 Å². The van der Waals surface area contributed by atoms with Gasteiger partial charge in [0.1, 0.15) is 6.10 Å². The monoisotopic (exact) mass is 769 g/mol. The van der Waals surface area contributed by atoms with Gasteiger partial charge in [0.25, 0.3) is 0 Å². The Balaban J connectivity index is -0.000000700. The first-order valence-corrected chi connectivity index (χ1v) is 21.2. The van der Waals surface area contributed by atoms with Crippen LogP contribution < -0.4 is 0 Å². The molecule has 2 unspecified atom stereocenters. The number of unbranched alkanes of at least 4 members (excludes halogenated alkanes) is 4. The van der Waals surface area contributed by atoms with E-state index in [4.69, 9.17) is 38.3 Å². The van der Waals surface area contributed by atoms with Crippen LogP contribution in [0.5, 0.6) is 0 Å². The van der Waals surface area contributed by atoms with Crippen LogP contribution in [0.1, 0.15) is 107 Å². The van der Waals surface area contributed by atoms with Crippen LogP contribution in [0.2, 0.25) is 0 Å². The summed E-state index contributed by atoms with van der Waals surface area (Å²) in [7, 11) is -6.39. The van der Waals surface area contributed by atoms with E-state index < -0.39 is 27.4 Å². The number of ether oxygens (including phenoxy) is 1. The maximum absolute atomic E-state index is 12.2. The highest BCUT2D eigenvalue weighted by Crippen LogP contribution is 2.49. The van der Waals surface area contributed by atoms with E-state index in [1.807, 2.05) is 0 Å². The smallest absolute Gasteiger partial charge is 0.332 e. The number of carbonyl (C=O) groups is 1. The second-order valence-electron chi connectivity index (χ2n) is 11.7. The quantitative estimate of drug-likeness (QED) is 0.0311. The molecule has 0 aromatic rings. The molecule has 18 heteroatoms. The first-order chi connectivity index (χ1) is 23.1. The number of aliphatic hydroxyl groups excluding tert-OH is 2. The molecule has 304 valence electrons. The summed E-state index contributed by atoms with van der Waals surface area (Å²) in [5, 5.41) is 48.5.